The number of hydrogen-bond acceptors (Lipinski definition) is 5. The molecule has 0 radical (unpaired) electrons. The van der Waals surface area contributed by atoms with Crippen molar-refractivity contribution < 1.29 is 22.8 Å². The van der Waals surface area contributed by atoms with E-state index in [-0.39, 0.29) is 33.2 Å². The van der Waals surface area contributed by atoms with E-state index in [1.165, 1.54) is 56.4 Å². The van der Waals surface area contributed by atoms with Crippen LogP contribution >= 0.6 is 0 Å². The molecule has 134 valence electrons. The largest absolute Gasteiger partial charge is 0.322 e. The minimum Gasteiger partial charge on any atom is -0.322 e. The number of carbonyl (C=O) groups is 3. The average molecular weight is 372 g/mol. The first-order chi connectivity index (χ1) is 12.2. The van der Waals surface area contributed by atoms with Crippen LogP contribution in [0.5, 0.6) is 0 Å². The van der Waals surface area contributed by atoms with Crippen molar-refractivity contribution in [2.75, 3.05) is 18.1 Å². The standard InChI is InChI=1S/C18H16N2O5S/c1-3-26(24,25)13-6-4-5-11(9-13)16(21)19-12-7-8-14-15(10-12)18(23)20(2)17(14)22/h4-10H,3H2,1-2H3,(H,19,21). The molecule has 1 N–H and O–H groups in total. The van der Waals surface area contributed by atoms with Crippen LogP contribution in [0.15, 0.2) is 47.4 Å². The summed E-state index contributed by atoms with van der Waals surface area (Å²) in [5.74, 6) is -1.40. The summed E-state index contributed by atoms with van der Waals surface area (Å²) < 4.78 is 23.9. The number of nitrogens with one attached hydrogen (secondary N) is 1. The van der Waals surface area contributed by atoms with Crippen molar-refractivity contribution >= 4 is 33.2 Å². The molecule has 2 aromatic carbocycles. The minimum atomic E-state index is -3.42. The van der Waals surface area contributed by atoms with E-state index in [1.807, 2.05) is 0 Å². The van der Waals surface area contributed by atoms with Crippen LogP contribution < -0.4 is 5.32 Å². The van der Waals surface area contributed by atoms with Gasteiger partial charge in [-0.1, -0.05) is 13.0 Å². The van der Waals surface area contributed by atoms with Gasteiger partial charge in [-0.15, -0.1) is 0 Å². The zero-order valence-electron chi connectivity index (χ0n) is 14.1. The summed E-state index contributed by atoms with van der Waals surface area (Å²) in [5.41, 5.74) is 1.03. The van der Waals surface area contributed by atoms with E-state index in [1.54, 1.807) is 0 Å². The maximum absolute atomic E-state index is 12.4. The van der Waals surface area contributed by atoms with Crippen LogP contribution in [-0.2, 0) is 9.84 Å². The lowest BCUT2D eigenvalue weighted by Crippen LogP contribution is -2.24. The van der Waals surface area contributed by atoms with Gasteiger partial charge in [-0.2, -0.15) is 0 Å². The van der Waals surface area contributed by atoms with Crippen molar-refractivity contribution in [3.63, 3.8) is 0 Å². The highest BCUT2D eigenvalue weighted by Gasteiger charge is 2.32. The number of sulfone groups is 1. The molecule has 2 aromatic rings. The van der Waals surface area contributed by atoms with Gasteiger partial charge in [0.15, 0.2) is 9.84 Å². The van der Waals surface area contributed by atoms with Crippen molar-refractivity contribution in [1.82, 2.24) is 4.90 Å². The molecule has 3 rings (SSSR count). The Bertz CT molecular complexity index is 1040. The normalized spacial score (nSPS) is 13.7. The predicted octanol–water partition coefficient (Wildman–Crippen LogP) is 1.96. The van der Waals surface area contributed by atoms with E-state index in [0.717, 1.165) is 4.90 Å². The third-order valence-electron chi connectivity index (χ3n) is 4.18. The molecule has 0 saturated heterocycles. The van der Waals surface area contributed by atoms with Gasteiger partial charge in [0.25, 0.3) is 17.7 Å². The van der Waals surface area contributed by atoms with Gasteiger partial charge in [0.05, 0.1) is 21.8 Å². The summed E-state index contributed by atoms with van der Waals surface area (Å²) in [5, 5.41) is 2.62. The van der Waals surface area contributed by atoms with E-state index in [4.69, 9.17) is 0 Å². The Morgan fingerprint density at radius 3 is 2.42 bits per heavy atom. The number of amides is 3. The molecular weight excluding hydrogens is 356 g/mol. The highest BCUT2D eigenvalue weighted by molar-refractivity contribution is 7.91. The second kappa shape index (κ2) is 6.38. The highest BCUT2D eigenvalue weighted by Crippen LogP contribution is 2.25. The van der Waals surface area contributed by atoms with Crippen molar-refractivity contribution in [1.29, 1.82) is 0 Å². The summed E-state index contributed by atoms with van der Waals surface area (Å²) in [6.07, 6.45) is 0. The molecule has 0 bridgehead atoms. The quantitative estimate of drug-likeness (QED) is 0.827. The van der Waals surface area contributed by atoms with Crippen LogP contribution in [0.3, 0.4) is 0 Å². The summed E-state index contributed by atoms with van der Waals surface area (Å²) >= 11 is 0. The van der Waals surface area contributed by atoms with E-state index in [2.05, 4.69) is 5.32 Å². The predicted molar refractivity (Wildman–Crippen MR) is 95.0 cm³/mol. The number of carbonyl (C=O) groups excluding carboxylic acids is 3. The Balaban J connectivity index is 1.87. The van der Waals surface area contributed by atoms with Gasteiger partial charge in [-0.3, -0.25) is 19.3 Å². The summed E-state index contributed by atoms with van der Waals surface area (Å²) in [4.78, 5) is 37.4. The number of hydrogen-bond donors (Lipinski definition) is 1. The zero-order chi connectivity index (χ0) is 19.1. The lowest BCUT2D eigenvalue weighted by molar-refractivity contribution is 0.0692. The molecule has 8 heteroatoms. The fourth-order valence-corrected chi connectivity index (χ4v) is 3.57. The molecule has 1 heterocycles. The first kappa shape index (κ1) is 17.8. The molecule has 0 aliphatic carbocycles. The van der Waals surface area contributed by atoms with Crippen molar-refractivity contribution in [2.24, 2.45) is 0 Å². The van der Waals surface area contributed by atoms with Crippen LogP contribution in [0.2, 0.25) is 0 Å². The third kappa shape index (κ3) is 2.99. The highest BCUT2D eigenvalue weighted by atomic mass is 32.2. The molecule has 0 aromatic heterocycles. The van der Waals surface area contributed by atoms with Gasteiger partial charge in [-0.25, -0.2) is 8.42 Å². The number of rotatable bonds is 4. The SMILES string of the molecule is CCS(=O)(=O)c1cccc(C(=O)Nc2ccc3c(c2)C(=O)N(C)C3=O)c1. The molecule has 0 unspecified atom stereocenters. The smallest absolute Gasteiger partial charge is 0.261 e. The molecule has 1 aliphatic heterocycles. The molecule has 3 amide bonds. The van der Waals surface area contributed by atoms with E-state index in [0.29, 0.717) is 5.69 Å². The van der Waals surface area contributed by atoms with Crippen LogP contribution in [0.1, 0.15) is 38.0 Å². The third-order valence-corrected chi connectivity index (χ3v) is 5.92. The summed E-state index contributed by atoms with van der Waals surface area (Å²) in [6.45, 7) is 1.53. The minimum absolute atomic E-state index is 0.0629. The van der Waals surface area contributed by atoms with Gasteiger partial charge >= 0.3 is 0 Å². The Morgan fingerprint density at radius 2 is 1.73 bits per heavy atom. The van der Waals surface area contributed by atoms with Crippen molar-refractivity contribution in [3.05, 3.63) is 59.2 Å². The van der Waals surface area contributed by atoms with Crippen LogP contribution in [0.25, 0.3) is 0 Å². The maximum Gasteiger partial charge on any atom is 0.261 e. The first-order valence-corrected chi connectivity index (χ1v) is 9.50. The fraction of sp³-hybridized carbons (Fsp3) is 0.167. The van der Waals surface area contributed by atoms with Crippen molar-refractivity contribution in [2.45, 2.75) is 11.8 Å². The lowest BCUT2D eigenvalue weighted by atomic mass is 10.1. The van der Waals surface area contributed by atoms with E-state index in [9.17, 15) is 22.8 Å². The van der Waals surface area contributed by atoms with Gasteiger partial charge in [0.1, 0.15) is 0 Å². The topological polar surface area (TPSA) is 101 Å². The molecule has 26 heavy (non-hydrogen) atoms. The fourth-order valence-electron chi connectivity index (χ4n) is 2.64. The maximum atomic E-state index is 12.4. The monoisotopic (exact) mass is 372 g/mol. The lowest BCUT2D eigenvalue weighted by Gasteiger charge is -2.08. The zero-order valence-corrected chi connectivity index (χ0v) is 15.0. The Labute approximate surface area is 150 Å². The van der Waals surface area contributed by atoms with Gasteiger partial charge in [0, 0.05) is 18.3 Å². The van der Waals surface area contributed by atoms with Gasteiger partial charge < -0.3 is 5.32 Å². The van der Waals surface area contributed by atoms with E-state index >= 15 is 0 Å². The van der Waals surface area contributed by atoms with Gasteiger partial charge in [-0.05, 0) is 36.4 Å². The Morgan fingerprint density at radius 1 is 1.04 bits per heavy atom. The molecule has 0 atom stereocenters. The first-order valence-electron chi connectivity index (χ1n) is 7.85. The van der Waals surface area contributed by atoms with Crippen LogP contribution in [-0.4, -0.2) is 43.8 Å². The number of benzene rings is 2. The second-order valence-electron chi connectivity index (χ2n) is 5.82. The Hall–Kier alpha value is -3.00. The average Bonchev–Trinajstić information content (AvgIpc) is 2.86. The molecular formula is C18H16N2O5S. The van der Waals surface area contributed by atoms with Crippen LogP contribution in [0, 0.1) is 0 Å². The molecule has 0 saturated carbocycles. The van der Waals surface area contributed by atoms with Crippen molar-refractivity contribution in [3.8, 4) is 0 Å². The number of anilines is 1. The van der Waals surface area contributed by atoms with E-state index < -0.39 is 21.7 Å². The molecule has 0 fully saturated rings. The second-order valence-corrected chi connectivity index (χ2v) is 8.09. The summed E-state index contributed by atoms with van der Waals surface area (Å²) in [6, 6.07) is 10.2. The summed E-state index contributed by atoms with van der Waals surface area (Å²) in [7, 11) is -2.03. The number of fused-ring (bicyclic) bond motifs is 1. The number of nitrogens with zero attached hydrogens (tertiary/aromatic N) is 1. The molecule has 7 nitrogen and oxygen atoms in total. The molecule has 0 spiro atoms. The molecule has 1 aliphatic rings. The van der Waals surface area contributed by atoms with Gasteiger partial charge in [0.2, 0.25) is 0 Å². The Kier molecular flexibility index (Phi) is 4.37. The van der Waals surface area contributed by atoms with Crippen LogP contribution in [0.4, 0.5) is 5.69 Å². The number of imide groups is 1.